The van der Waals surface area contributed by atoms with Gasteiger partial charge in [-0.25, -0.2) is 4.98 Å². The zero-order valence-corrected chi connectivity index (χ0v) is 9.23. The summed E-state index contributed by atoms with van der Waals surface area (Å²) in [6, 6.07) is 4.08. The van der Waals surface area contributed by atoms with E-state index in [4.69, 9.17) is 10.5 Å². The number of anilines is 2. The van der Waals surface area contributed by atoms with E-state index in [2.05, 4.69) is 10.3 Å². The minimum atomic E-state index is 0.378. The monoisotopic (exact) mass is 219 g/mol. The molecule has 0 amide bonds. The lowest BCUT2D eigenvalue weighted by atomic mass is 10.1. The number of nitrogens with one attached hydrogen (secondary N) is 1. The molecule has 2 fully saturated rings. The number of nitrogens with two attached hydrogens (primary N) is 1. The Bertz CT molecular complexity index is 378. The van der Waals surface area contributed by atoms with Crippen LogP contribution in [-0.2, 0) is 4.74 Å². The molecule has 16 heavy (non-hydrogen) atoms. The summed E-state index contributed by atoms with van der Waals surface area (Å²) in [4.78, 5) is 4.27. The van der Waals surface area contributed by atoms with Crippen LogP contribution in [0.4, 0.5) is 11.5 Å². The second-order valence-corrected chi connectivity index (χ2v) is 4.69. The highest BCUT2D eigenvalue weighted by Gasteiger charge is 2.40. The van der Waals surface area contributed by atoms with Gasteiger partial charge in [-0.05, 0) is 31.2 Å². The van der Waals surface area contributed by atoms with Crippen molar-refractivity contribution >= 4 is 11.5 Å². The first-order chi connectivity index (χ1) is 7.83. The molecule has 2 heterocycles. The van der Waals surface area contributed by atoms with Crippen molar-refractivity contribution in [1.82, 2.24) is 4.98 Å². The maximum atomic E-state index is 5.77. The fraction of sp³-hybridized carbons (Fsp3) is 0.583. The third-order valence-electron chi connectivity index (χ3n) is 3.34. The summed E-state index contributed by atoms with van der Waals surface area (Å²) in [5.74, 6) is 1.63. The molecule has 0 aromatic carbocycles. The van der Waals surface area contributed by atoms with Crippen molar-refractivity contribution in [3.05, 3.63) is 18.3 Å². The zero-order valence-electron chi connectivity index (χ0n) is 9.23. The molecule has 86 valence electrons. The van der Waals surface area contributed by atoms with Crippen molar-refractivity contribution in [2.24, 2.45) is 5.92 Å². The SMILES string of the molecule is Nc1ccnc(NC2CCOC2C2CC2)c1. The minimum Gasteiger partial charge on any atom is -0.399 e. The van der Waals surface area contributed by atoms with Gasteiger partial charge in [-0.1, -0.05) is 0 Å². The molecular formula is C12H17N3O. The number of rotatable bonds is 3. The molecule has 0 spiro atoms. The molecule has 1 aromatic heterocycles. The van der Waals surface area contributed by atoms with Crippen LogP contribution in [0.3, 0.4) is 0 Å². The van der Waals surface area contributed by atoms with Gasteiger partial charge in [0.05, 0.1) is 12.1 Å². The smallest absolute Gasteiger partial charge is 0.128 e. The van der Waals surface area contributed by atoms with Crippen LogP contribution >= 0.6 is 0 Å². The average molecular weight is 219 g/mol. The molecule has 1 aliphatic heterocycles. The van der Waals surface area contributed by atoms with Crippen LogP contribution in [0.25, 0.3) is 0 Å². The van der Waals surface area contributed by atoms with E-state index in [1.165, 1.54) is 12.8 Å². The normalized spacial score (nSPS) is 29.2. The van der Waals surface area contributed by atoms with Crippen LogP contribution in [0.15, 0.2) is 18.3 Å². The van der Waals surface area contributed by atoms with E-state index >= 15 is 0 Å². The average Bonchev–Trinajstić information content (AvgIpc) is 3.00. The molecule has 1 saturated heterocycles. The van der Waals surface area contributed by atoms with Gasteiger partial charge in [0.2, 0.25) is 0 Å². The fourth-order valence-electron chi connectivity index (χ4n) is 2.37. The third-order valence-corrected chi connectivity index (χ3v) is 3.34. The summed E-state index contributed by atoms with van der Waals surface area (Å²) in [6.45, 7) is 0.862. The maximum absolute atomic E-state index is 5.77. The Morgan fingerprint density at radius 1 is 1.38 bits per heavy atom. The lowest BCUT2D eigenvalue weighted by Gasteiger charge is -2.19. The van der Waals surface area contributed by atoms with Gasteiger partial charge in [-0.15, -0.1) is 0 Å². The predicted molar refractivity (Wildman–Crippen MR) is 63.1 cm³/mol. The van der Waals surface area contributed by atoms with Gasteiger partial charge in [0.1, 0.15) is 5.82 Å². The Labute approximate surface area is 95.2 Å². The van der Waals surface area contributed by atoms with E-state index in [1.807, 2.05) is 6.07 Å². The van der Waals surface area contributed by atoms with Gasteiger partial charge < -0.3 is 15.8 Å². The number of ether oxygens (including phenoxy) is 1. The number of pyridine rings is 1. The van der Waals surface area contributed by atoms with Crippen molar-refractivity contribution < 1.29 is 4.74 Å². The summed E-state index contributed by atoms with van der Waals surface area (Å²) in [5.41, 5.74) is 6.48. The Kier molecular flexibility index (Phi) is 2.44. The molecule has 0 radical (unpaired) electrons. The predicted octanol–water partition coefficient (Wildman–Crippen LogP) is 1.64. The van der Waals surface area contributed by atoms with Crippen molar-refractivity contribution in [1.29, 1.82) is 0 Å². The fourth-order valence-corrected chi connectivity index (χ4v) is 2.37. The molecule has 3 N–H and O–H groups in total. The van der Waals surface area contributed by atoms with Gasteiger partial charge in [-0.2, -0.15) is 0 Å². The van der Waals surface area contributed by atoms with Crippen LogP contribution in [0, 0.1) is 5.92 Å². The third kappa shape index (κ3) is 1.97. The number of hydrogen-bond donors (Lipinski definition) is 2. The first kappa shape index (κ1) is 9.90. The molecule has 1 aliphatic carbocycles. The summed E-state index contributed by atoms with van der Waals surface area (Å²) in [5, 5.41) is 3.44. The van der Waals surface area contributed by atoms with Crippen molar-refractivity contribution in [2.75, 3.05) is 17.7 Å². The topological polar surface area (TPSA) is 60.2 Å². The maximum Gasteiger partial charge on any atom is 0.128 e. The van der Waals surface area contributed by atoms with E-state index in [9.17, 15) is 0 Å². The summed E-state index contributed by atoms with van der Waals surface area (Å²) in [6.07, 6.45) is 5.81. The van der Waals surface area contributed by atoms with Crippen LogP contribution in [0.5, 0.6) is 0 Å². The van der Waals surface area contributed by atoms with Gasteiger partial charge in [0.25, 0.3) is 0 Å². The second-order valence-electron chi connectivity index (χ2n) is 4.69. The van der Waals surface area contributed by atoms with Crippen LogP contribution in [0.2, 0.25) is 0 Å². The first-order valence-corrected chi connectivity index (χ1v) is 5.92. The van der Waals surface area contributed by atoms with Crippen LogP contribution in [0.1, 0.15) is 19.3 Å². The van der Waals surface area contributed by atoms with Crippen molar-refractivity contribution in [3.63, 3.8) is 0 Å². The van der Waals surface area contributed by atoms with E-state index in [0.717, 1.165) is 30.5 Å². The molecule has 0 bridgehead atoms. The highest BCUT2D eigenvalue weighted by molar-refractivity contribution is 5.49. The van der Waals surface area contributed by atoms with Crippen molar-refractivity contribution in [3.8, 4) is 0 Å². The summed E-state index contributed by atoms with van der Waals surface area (Å²) < 4.78 is 5.77. The lowest BCUT2D eigenvalue weighted by molar-refractivity contribution is 0.0898. The van der Waals surface area contributed by atoms with Crippen LogP contribution in [-0.4, -0.2) is 23.7 Å². The molecule has 4 heteroatoms. The quantitative estimate of drug-likeness (QED) is 0.811. The van der Waals surface area contributed by atoms with E-state index in [-0.39, 0.29) is 0 Å². The standard InChI is InChI=1S/C12H17N3O/c13-9-3-5-14-11(7-9)15-10-4-6-16-12(10)8-1-2-8/h3,5,7-8,10,12H,1-2,4,6H2,(H3,13,14,15). The van der Waals surface area contributed by atoms with Gasteiger partial charge >= 0.3 is 0 Å². The molecule has 2 aliphatic rings. The Morgan fingerprint density at radius 3 is 3.00 bits per heavy atom. The number of hydrogen-bond acceptors (Lipinski definition) is 4. The lowest BCUT2D eigenvalue weighted by Crippen LogP contribution is -2.31. The molecule has 4 nitrogen and oxygen atoms in total. The molecule has 2 atom stereocenters. The van der Waals surface area contributed by atoms with Crippen molar-refractivity contribution in [2.45, 2.75) is 31.4 Å². The Balaban J connectivity index is 1.69. The summed E-state index contributed by atoms with van der Waals surface area (Å²) in [7, 11) is 0. The molecular weight excluding hydrogens is 202 g/mol. The van der Waals surface area contributed by atoms with E-state index in [1.54, 1.807) is 12.3 Å². The highest BCUT2D eigenvalue weighted by Crippen LogP contribution is 2.39. The molecule has 1 aromatic rings. The van der Waals surface area contributed by atoms with E-state index < -0.39 is 0 Å². The van der Waals surface area contributed by atoms with Gasteiger partial charge in [0, 0.05) is 24.6 Å². The van der Waals surface area contributed by atoms with Gasteiger partial charge in [-0.3, -0.25) is 0 Å². The van der Waals surface area contributed by atoms with E-state index in [0.29, 0.717) is 12.1 Å². The number of nitrogen functional groups attached to an aromatic ring is 1. The molecule has 2 unspecified atom stereocenters. The molecule has 1 saturated carbocycles. The Morgan fingerprint density at radius 2 is 2.25 bits per heavy atom. The zero-order chi connectivity index (χ0) is 11.0. The largest absolute Gasteiger partial charge is 0.399 e. The highest BCUT2D eigenvalue weighted by atomic mass is 16.5. The molecule has 3 rings (SSSR count). The Hall–Kier alpha value is -1.29. The van der Waals surface area contributed by atoms with Gasteiger partial charge in [0.15, 0.2) is 0 Å². The summed E-state index contributed by atoms with van der Waals surface area (Å²) >= 11 is 0. The minimum absolute atomic E-state index is 0.378. The number of aromatic nitrogens is 1. The van der Waals surface area contributed by atoms with Crippen LogP contribution < -0.4 is 11.1 Å². The second kappa shape index (κ2) is 3.94. The first-order valence-electron chi connectivity index (χ1n) is 5.92. The number of nitrogens with zero attached hydrogens (tertiary/aromatic N) is 1.